The van der Waals surface area contributed by atoms with Crippen LogP contribution >= 0.6 is 0 Å². The van der Waals surface area contributed by atoms with E-state index in [0.29, 0.717) is 11.6 Å². The number of hydrogen-bond donors (Lipinski definition) is 0. The first kappa shape index (κ1) is 18.8. The fourth-order valence-corrected chi connectivity index (χ4v) is 7.37. The molecule has 0 unspecified atom stereocenters. The second-order valence-electron chi connectivity index (χ2n) is 10.9. The van der Waals surface area contributed by atoms with Gasteiger partial charge in [-0.05, 0) is 28.9 Å². The smallest absolute Gasteiger partial charge is 0.145 e. The first-order chi connectivity index (χ1) is 13.6. The normalized spacial score (nSPS) is 37.3. The van der Waals surface area contributed by atoms with Gasteiger partial charge in [-0.15, -0.1) is 0 Å². The number of Topliss-reactive ketones (excluding diaryl/α,β-unsaturated/α-hetero) is 2. The Morgan fingerprint density at radius 3 is 1.72 bits per heavy atom. The predicted molar refractivity (Wildman–Crippen MR) is 114 cm³/mol. The molecule has 2 aromatic rings. The first-order valence-electron chi connectivity index (χ1n) is 10.8. The van der Waals surface area contributed by atoms with E-state index in [1.165, 1.54) is 0 Å². The third kappa shape index (κ3) is 1.94. The summed E-state index contributed by atoms with van der Waals surface area (Å²) >= 11 is 0. The molecular formula is C27H30O2. The van der Waals surface area contributed by atoms with Crippen molar-refractivity contribution in [1.82, 2.24) is 0 Å². The summed E-state index contributed by atoms with van der Waals surface area (Å²) in [6, 6.07) is 20.5. The highest BCUT2D eigenvalue weighted by molar-refractivity contribution is 6.13. The zero-order valence-electron chi connectivity index (χ0n) is 18.0. The molecule has 29 heavy (non-hydrogen) atoms. The van der Waals surface area contributed by atoms with Crippen LogP contribution in [0.3, 0.4) is 0 Å². The van der Waals surface area contributed by atoms with E-state index in [0.717, 1.165) is 17.5 Å². The molecule has 3 aliphatic carbocycles. The van der Waals surface area contributed by atoms with E-state index in [9.17, 15) is 9.59 Å². The van der Waals surface area contributed by atoms with Crippen LogP contribution in [0.4, 0.5) is 0 Å². The molecule has 5 rings (SSSR count). The molecule has 0 spiro atoms. The lowest BCUT2D eigenvalue weighted by atomic mass is 9.41. The molecule has 0 heterocycles. The van der Waals surface area contributed by atoms with Crippen molar-refractivity contribution in [3.05, 3.63) is 71.8 Å². The second-order valence-corrected chi connectivity index (χ2v) is 10.9. The van der Waals surface area contributed by atoms with Gasteiger partial charge in [-0.2, -0.15) is 0 Å². The van der Waals surface area contributed by atoms with Crippen molar-refractivity contribution < 1.29 is 9.59 Å². The van der Waals surface area contributed by atoms with Gasteiger partial charge in [-0.1, -0.05) is 95.3 Å². The zero-order valence-corrected chi connectivity index (χ0v) is 18.0. The third-order valence-corrected chi connectivity index (χ3v) is 8.79. The zero-order chi connectivity index (χ0) is 20.8. The molecule has 3 aliphatic rings. The van der Waals surface area contributed by atoms with Gasteiger partial charge in [0.25, 0.3) is 0 Å². The van der Waals surface area contributed by atoms with Gasteiger partial charge < -0.3 is 0 Å². The monoisotopic (exact) mass is 386 g/mol. The molecule has 0 amide bonds. The highest BCUT2D eigenvalue weighted by atomic mass is 16.2. The van der Waals surface area contributed by atoms with Crippen LogP contribution < -0.4 is 0 Å². The lowest BCUT2D eigenvalue weighted by Gasteiger charge is -2.59. The molecule has 0 saturated heterocycles. The maximum atomic E-state index is 14.2. The predicted octanol–water partition coefficient (Wildman–Crippen LogP) is 5.45. The van der Waals surface area contributed by atoms with Crippen molar-refractivity contribution in [2.24, 2.45) is 34.0 Å². The third-order valence-electron chi connectivity index (χ3n) is 8.79. The summed E-state index contributed by atoms with van der Waals surface area (Å²) in [5.41, 5.74) is 0.471. The van der Waals surface area contributed by atoms with Gasteiger partial charge >= 0.3 is 0 Å². The number of fused-ring (bicyclic) bond motifs is 2. The highest BCUT2D eigenvalue weighted by Gasteiger charge is 2.88. The van der Waals surface area contributed by atoms with E-state index in [4.69, 9.17) is 0 Å². The number of carbonyl (C=O) groups is 2. The van der Waals surface area contributed by atoms with Gasteiger partial charge in [0.2, 0.25) is 0 Å². The van der Waals surface area contributed by atoms with Gasteiger partial charge in [-0.3, -0.25) is 9.59 Å². The highest BCUT2D eigenvalue weighted by Crippen LogP contribution is 2.81. The summed E-state index contributed by atoms with van der Waals surface area (Å²) in [6.07, 6.45) is 0.840. The van der Waals surface area contributed by atoms with Gasteiger partial charge in [0.05, 0.1) is 5.41 Å². The van der Waals surface area contributed by atoms with E-state index in [1.54, 1.807) is 0 Å². The molecule has 2 heteroatoms. The van der Waals surface area contributed by atoms with Crippen molar-refractivity contribution >= 4 is 11.6 Å². The summed E-state index contributed by atoms with van der Waals surface area (Å²) in [7, 11) is 0. The molecule has 2 nitrogen and oxygen atoms in total. The standard InChI is InChI=1S/C27H30O2/c1-24(2,3)20-16-19-22(28)26(5)21(23(29)25(19,20)4)27(26,17-12-8-6-9-13-17)18-14-10-7-11-15-18/h6-15,19-21H,16H2,1-5H3/t19-,20+,21+,25+,26+/m0/s1. The maximum absolute atomic E-state index is 14.2. The largest absolute Gasteiger partial charge is 0.299 e. The Balaban J connectivity index is 1.73. The molecule has 0 aliphatic heterocycles. The minimum atomic E-state index is -0.653. The van der Waals surface area contributed by atoms with Gasteiger partial charge in [-0.25, -0.2) is 0 Å². The molecule has 5 atom stereocenters. The van der Waals surface area contributed by atoms with Gasteiger partial charge in [0.1, 0.15) is 11.6 Å². The van der Waals surface area contributed by atoms with Crippen molar-refractivity contribution in [3.8, 4) is 0 Å². The fraction of sp³-hybridized carbons (Fsp3) is 0.481. The number of carbonyl (C=O) groups excluding carboxylic acids is 2. The Bertz CT molecular complexity index is 960. The summed E-state index contributed by atoms with van der Waals surface area (Å²) in [5.74, 6) is 0.445. The van der Waals surface area contributed by atoms with Crippen molar-refractivity contribution in [2.45, 2.75) is 46.5 Å². The summed E-state index contributed by atoms with van der Waals surface area (Å²) < 4.78 is 0. The molecule has 0 N–H and O–H groups in total. The fourth-order valence-electron chi connectivity index (χ4n) is 7.37. The minimum absolute atomic E-state index is 0.0198. The molecular weight excluding hydrogens is 356 g/mol. The number of ketones is 2. The van der Waals surface area contributed by atoms with Gasteiger partial charge in [0, 0.05) is 22.7 Å². The Morgan fingerprint density at radius 2 is 1.28 bits per heavy atom. The van der Waals surface area contributed by atoms with Crippen LogP contribution in [-0.4, -0.2) is 11.6 Å². The van der Waals surface area contributed by atoms with E-state index in [-0.39, 0.29) is 23.2 Å². The first-order valence-corrected chi connectivity index (χ1v) is 10.8. The van der Waals surface area contributed by atoms with Crippen LogP contribution in [0.5, 0.6) is 0 Å². The molecule has 3 saturated carbocycles. The molecule has 150 valence electrons. The average molecular weight is 387 g/mol. The number of hydrogen-bond acceptors (Lipinski definition) is 2. The number of benzene rings is 2. The molecule has 0 radical (unpaired) electrons. The Hall–Kier alpha value is -2.22. The Kier molecular flexibility index (Phi) is 3.55. The van der Waals surface area contributed by atoms with Crippen LogP contribution in [0.15, 0.2) is 60.7 Å². The second kappa shape index (κ2) is 5.47. The van der Waals surface area contributed by atoms with Crippen LogP contribution in [0, 0.1) is 34.0 Å². The quantitative estimate of drug-likeness (QED) is 0.688. The minimum Gasteiger partial charge on any atom is -0.299 e. The van der Waals surface area contributed by atoms with Crippen LogP contribution in [-0.2, 0) is 15.0 Å². The Labute approximate surface area is 173 Å². The maximum Gasteiger partial charge on any atom is 0.145 e. The number of rotatable bonds is 2. The molecule has 0 aromatic heterocycles. The van der Waals surface area contributed by atoms with Crippen LogP contribution in [0.1, 0.15) is 52.2 Å². The van der Waals surface area contributed by atoms with E-state index >= 15 is 0 Å². The molecule has 0 bridgehead atoms. The van der Waals surface area contributed by atoms with Crippen LogP contribution in [0.25, 0.3) is 0 Å². The van der Waals surface area contributed by atoms with E-state index < -0.39 is 16.2 Å². The van der Waals surface area contributed by atoms with Crippen molar-refractivity contribution in [1.29, 1.82) is 0 Å². The van der Waals surface area contributed by atoms with Gasteiger partial charge in [0.15, 0.2) is 0 Å². The summed E-state index contributed by atoms with van der Waals surface area (Å²) in [5, 5.41) is 0. The van der Waals surface area contributed by atoms with Crippen molar-refractivity contribution in [3.63, 3.8) is 0 Å². The molecule has 2 aromatic carbocycles. The average Bonchev–Trinajstić information content (AvgIpc) is 3.28. The van der Waals surface area contributed by atoms with Crippen molar-refractivity contribution in [2.75, 3.05) is 0 Å². The Morgan fingerprint density at radius 1 is 0.793 bits per heavy atom. The summed E-state index contributed by atoms with van der Waals surface area (Å²) in [6.45, 7) is 10.8. The SMILES string of the molecule is CC(C)(C)[C@H]1C[C@H]2C(=O)[C@@]3(C)[C@@H](C(=O)[C@@]12C)C3(c1ccccc1)c1ccccc1. The van der Waals surface area contributed by atoms with E-state index in [1.807, 2.05) is 36.4 Å². The topological polar surface area (TPSA) is 34.1 Å². The van der Waals surface area contributed by atoms with E-state index in [2.05, 4.69) is 58.9 Å². The lowest BCUT2D eigenvalue weighted by Crippen LogP contribution is -2.63. The van der Waals surface area contributed by atoms with Crippen LogP contribution in [0.2, 0.25) is 0 Å². The molecule has 3 fully saturated rings. The summed E-state index contributed by atoms with van der Waals surface area (Å²) in [4.78, 5) is 28.2. The lowest BCUT2D eigenvalue weighted by molar-refractivity contribution is -0.177.